The van der Waals surface area contributed by atoms with Crippen LogP contribution in [-0.2, 0) is 0 Å². The van der Waals surface area contributed by atoms with Gasteiger partial charge in [-0.1, -0.05) is 35.5 Å². The van der Waals surface area contributed by atoms with Crippen LogP contribution in [-0.4, -0.2) is 25.2 Å². The van der Waals surface area contributed by atoms with E-state index in [-0.39, 0.29) is 0 Å². The molecule has 0 unspecified atom stereocenters. The molecule has 0 saturated heterocycles. The van der Waals surface area contributed by atoms with Crippen molar-refractivity contribution in [3.63, 3.8) is 0 Å². The number of fused-ring (bicyclic) bond motifs is 1. The summed E-state index contributed by atoms with van der Waals surface area (Å²) in [6.07, 6.45) is -1.54. The number of hydrogen-bond acceptors (Lipinski definition) is 4. The molecule has 3 rings (SSSR count). The van der Waals surface area contributed by atoms with Gasteiger partial charge in [-0.15, -0.1) is 5.10 Å². The van der Waals surface area contributed by atoms with Gasteiger partial charge < -0.3 is 10.2 Å². The van der Waals surface area contributed by atoms with E-state index in [1.807, 2.05) is 30.3 Å². The van der Waals surface area contributed by atoms with Crippen LogP contribution in [0.25, 0.3) is 16.7 Å². The highest BCUT2D eigenvalue weighted by Crippen LogP contribution is 2.22. The van der Waals surface area contributed by atoms with E-state index >= 15 is 0 Å². The summed E-state index contributed by atoms with van der Waals surface area (Å²) in [6.45, 7) is 0. The molecular formula is C13H11N3O2. The molecular weight excluding hydrogens is 230 g/mol. The fourth-order valence-electron chi connectivity index (χ4n) is 1.95. The minimum Gasteiger partial charge on any atom is -0.364 e. The summed E-state index contributed by atoms with van der Waals surface area (Å²) in [7, 11) is 0. The molecule has 0 amide bonds. The van der Waals surface area contributed by atoms with Crippen molar-refractivity contribution in [3.05, 3.63) is 54.1 Å². The van der Waals surface area contributed by atoms with Gasteiger partial charge in [-0.3, -0.25) is 0 Å². The molecule has 0 saturated carbocycles. The largest absolute Gasteiger partial charge is 0.364 e. The molecule has 0 fully saturated rings. The van der Waals surface area contributed by atoms with Gasteiger partial charge in [0.05, 0.1) is 11.2 Å². The molecule has 0 aliphatic heterocycles. The number of para-hydroxylation sites is 2. The van der Waals surface area contributed by atoms with E-state index in [0.29, 0.717) is 11.3 Å². The van der Waals surface area contributed by atoms with Gasteiger partial charge in [0.15, 0.2) is 6.29 Å². The van der Waals surface area contributed by atoms with Crippen molar-refractivity contribution in [3.8, 4) is 5.69 Å². The van der Waals surface area contributed by atoms with E-state index in [0.717, 1.165) is 11.0 Å². The number of aliphatic hydroxyl groups is 2. The number of aromatic nitrogens is 3. The second kappa shape index (κ2) is 4.21. The summed E-state index contributed by atoms with van der Waals surface area (Å²) in [6, 6.07) is 14.5. The van der Waals surface area contributed by atoms with Gasteiger partial charge in [0.25, 0.3) is 0 Å². The Bertz CT molecular complexity index is 691. The monoisotopic (exact) mass is 241 g/mol. The minimum atomic E-state index is -1.54. The molecule has 0 spiro atoms. The summed E-state index contributed by atoms with van der Waals surface area (Å²) < 4.78 is 1.60. The quantitative estimate of drug-likeness (QED) is 0.665. The van der Waals surface area contributed by atoms with Gasteiger partial charge in [0, 0.05) is 5.56 Å². The fourth-order valence-corrected chi connectivity index (χ4v) is 1.95. The number of nitrogens with zero attached hydrogens (tertiary/aromatic N) is 3. The Morgan fingerprint density at radius 2 is 1.67 bits per heavy atom. The van der Waals surface area contributed by atoms with Crippen LogP contribution in [0, 0.1) is 0 Å². The smallest absolute Gasteiger partial charge is 0.180 e. The number of rotatable bonds is 2. The van der Waals surface area contributed by atoms with E-state index in [4.69, 9.17) is 0 Å². The lowest BCUT2D eigenvalue weighted by molar-refractivity contribution is -0.0424. The van der Waals surface area contributed by atoms with Gasteiger partial charge in [0.2, 0.25) is 0 Å². The summed E-state index contributed by atoms with van der Waals surface area (Å²) in [5.41, 5.74) is 2.60. The standard InChI is InChI=1S/C13H11N3O2/c17-13(18)9-5-1-3-7-11(9)16-12-8-4-2-6-10(12)14-15-16/h1-8,13,17-18H. The molecule has 90 valence electrons. The topological polar surface area (TPSA) is 71.2 Å². The Kier molecular flexibility index (Phi) is 2.55. The first-order valence-electron chi connectivity index (χ1n) is 5.53. The number of hydrogen-bond donors (Lipinski definition) is 2. The lowest BCUT2D eigenvalue weighted by Crippen LogP contribution is -2.05. The van der Waals surface area contributed by atoms with Crippen molar-refractivity contribution >= 4 is 11.0 Å². The summed E-state index contributed by atoms with van der Waals surface area (Å²) in [5, 5.41) is 26.8. The van der Waals surface area contributed by atoms with Crippen LogP contribution in [0.1, 0.15) is 11.9 Å². The van der Waals surface area contributed by atoms with Crippen LogP contribution < -0.4 is 0 Å². The van der Waals surface area contributed by atoms with Crippen LogP contribution in [0.4, 0.5) is 0 Å². The Hall–Kier alpha value is -2.24. The first-order chi connectivity index (χ1) is 8.77. The fraction of sp³-hybridized carbons (Fsp3) is 0.0769. The van der Waals surface area contributed by atoms with Crippen molar-refractivity contribution in [2.75, 3.05) is 0 Å². The normalized spacial score (nSPS) is 11.3. The zero-order chi connectivity index (χ0) is 12.5. The molecule has 5 nitrogen and oxygen atoms in total. The van der Waals surface area contributed by atoms with E-state index in [9.17, 15) is 10.2 Å². The highest BCUT2D eigenvalue weighted by molar-refractivity contribution is 5.76. The molecule has 0 aliphatic carbocycles. The van der Waals surface area contributed by atoms with Crippen LogP contribution in [0.5, 0.6) is 0 Å². The molecule has 18 heavy (non-hydrogen) atoms. The van der Waals surface area contributed by atoms with Gasteiger partial charge in [-0.25, -0.2) is 4.68 Å². The van der Waals surface area contributed by atoms with Gasteiger partial charge in [-0.2, -0.15) is 0 Å². The molecule has 2 N–H and O–H groups in total. The zero-order valence-electron chi connectivity index (χ0n) is 9.43. The Balaban J connectivity index is 2.27. The predicted molar refractivity (Wildman–Crippen MR) is 66.0 cm³/mol. The van der Waals surface area contributed by atoms with Crippen molar-refractivity contribution in [1.82, 2.24) is 15.0 Å². The third kappa shape index (κ3) is 1.66. The van der Waals surface area contributed by atoms with Crippen molar-refractivity contribution < 1.29 is 10.2 Å². The van der Waals surface area contributed by atoms with Crippen LogP contribution >= 0.6 is 0 Å². The van der Waals surface area contributed by atoms with Crippen LogP contribution in [0.3, 0.4) is 0 Å². The Morgan fingerprint density at radius 1 is 0.944 bits per heavy atom. The maximum absolute atomic E-state index is 9.37. The second-order valence-corrected chi connectivity index (χ2v) is 3.92. The molecule has 2 aromatic carbocycles. The molecule has 1 heterocycles. The van der Waals surface area contributed by atoms with Gasteiger partial charge in [0.1, 0.15) is 5.52 Å². The molecule has 5 heteroatoms. The molecule has 1 aromatic heterocycles. The summed E-state index contributed by atoms with van der Waals surface area (Å²) in [4.78, 5) is 0. The first kappa shape index (κ1) is 10.9. The van der Waals surface area contributed by atoms with Crippen molar-refractivity contribution in [1.29, 1.82) is 0 Å². The Morgan fingerprint density at radius 3 is 2.50 bits per heavy atom. The van der Waals surface area contributed by atoms with E-state index < -0.39 is 6.29 Å². The summed E-state index contributed by atoms with van der Waals surface area (Å²) >= 11 is 0. The maximum atomic E-state index is 9.37. The lowest BCUT2D eigenvalue weighted by Gasteiger charge is -2.10. The summed E-state index contributed by atoms with van der Waals surface area (Å²) in [5.74, 6) is 0. The number of benzene rings is 2. The van der Waals surface area contributed by atoms with E-state index in [1.54, 1.807) is 22.9 Å². The Labute approximate surface area is 103 Å². The third-order valence-corrected chi connectivity index (χ3v) is 2.79. The third-order valence-electron chi connectivity index (χ3n) is 2.79. The second-order valence-electron chi connectivity index (χ2n) is 3.92. The lowest BCUT2D eigenvalue weighted by atomic mass is 10.1. The average Bonchev–Trinajstić information content (AvgIpc) is 2.82. The van der Waals surface area contributed by atoms with Crippen LogP contribution in [0.2, 0.25) is 0 Å². The van der Waals surface area contributed by atoms with E-state index in [2.05, 4.69) is 10.3 Å². The highest BCUT2D eigenvalue weighted by atomic mass is 16.5. The predicted octanol–water partition coefficient (Wildman–Crippen LogP) is 1.40. The molecule has 0 radical (unpaired) electrons. The van der Waals surface area contributed by atoms with Crippen molar-refractivity contribution in [2.45, 2.75) is 6.29 Å². The first-order valence-corrected chi connectivity index (χ1v) is 5.53. The SMILES string of the molecule is OC(O)c1ccccc1-n1nnc2ccccc21. The van der Waals surface area contributed by atoms with E-state index in [1.165, 1.54) is 0 Å². The molecule has 3 aromatic rings. The molecule has 0 atom stereocenters. The molecule has 0 aliphatic rings. The number of aliphatic hydroxyl groups excluding tert-OH is 1. The maximum Gasteiger partial charge on any atom is 0.180 e. The van der Waals surface area contributed by atoms with Gasteiger partial charge in [-0.05, 0) is 18.2 Å². The zero-order valence-corrected chi connectivity index (χ0v) is 9.43. The van der Waals surface area contributed by atoms with Crippen LogP contribution in [0.15, 0.2) is 48.5 Å². The molecule has 0 bridgehead atoms. The van der Waals surface area contributed by atoms with Gasteiger partial charge >= 0.3 is 0 Å². The van der Waals surface area contributed by atoms with Crippen molar-refractivity contribution in [2.24, 2.45) is 0 Å². The highest BCUT2D eigenvalue weighted by Gasteiger charge is 2.13. The average molecular weight is 241 g/mol. The minimum absolute atomic E-state index is 0.396.